The predicted octanol–water partition coefficient (Wildman–Crippen LogP) is 2.81. The molecule has 3 atom stereocenters. The quantitative estimate of drug-likeness (QED) is 0.292. The van der Waals surface area contributed by atoms with E-state index in [-0.39, 0.29) is 29.6 Å². The van der Waals surface area contributed by atoms with E-state index in [9.17, 15) is 15.0 Å². The van der Waals surface area contributed by atoms with Gasteiger partial charge in [-0.3, -0.25) is 9.78 Å². The van der Waals surface area contributed by atoms with Crippen LogP contribution in [0.4, 0.5) is 10.2 Å². The monoisotopic (exact) mass is 593 g/mol. The van der Waals surface area contributed by atoms with Crippen LogP contribution in [0.25, 0.3) is 11.0 Å². The molecule has 3 aromatic rings. The first-order valence-corrected chi connectivity index (χ1v) is 15.0. The molecule has 6 heterocycles. The molecule has 3 aliphatic heterocycles. The molecule has 4 fully saturated rings. The fraction of sp³-hybridized carbons (Fsp3) is 0.548. The molecule has 2 aliphatic carbocycles. The van der Waals surface area contributed by atoms with Crippen molar-refractivity contribution in [3.63, 3.8) is 0 Å². The summed E-state index contributed by atoms with van der Waals surface area (Å²) in [5.41, 5.74) is 1.96. The summed E-state index contributed by atoms with van der Waals surface area (Å²) in [6.45, 7) is 1.44. The Labute approximate surface area is 248 Å². The maximum absolute atomic E-state index is 15.1. The van der Waals surface area contributed by atoms with E-state index in [1.54, 1.807) is 12.1 Å². The Morgan fingerprint density at radius 2 is 1.91 bits per heavy atom. The fourth-order valence-corrected chi connectivity index (χ4v) is 6.88. The van der Waals surface area contributed by atoms with E-state index in [1.165, 1.54) is 6.20 Å². The Morgan fingerprint density at radius 1 is 1.09 bits per heavy atom. The number of carbonyl (C=O) groups excluding carboxylic acids is 1. The lowest BCUT2D eigenvalue weighted by molar-refractivity contribution is -0.165. The molecule has 3 aromatic heterocycles. The SMILES string of the molecule is O=C1COc2ccc(CNC34CCC(CCc5c(F)cnc6ccc(OC[C@@H]7C[C@@H](O)[C@@H](O)C7)nc56)(CC3)OC4)nc2N1. The molecule has 8 rings (SSSR count). The first-order valence-electron chi connectivity index (χ1n) is 15.0. The summed E-state index contributed by atoms with van der Waals surface area (Å²) < 4.78 is 32.9. The number of nitrogens with zero attached hydrogens (tertiary/aromatic N) is 3. The van der Waals surface area contributed by atoms with E-state index in [0.717, 1.165) is 31.4 Å². The molecule has 43 heavy (non-hydrogen) atoms. The van der Waals surface area contributed by atoms with Crippen molar-refractivity contribution >= 4 is 22.8 Å². The standard InChI is InChI=1S/C31H36FN5O6/c32-21-14-33-22-2-4-27(42-15-18-11-23(38)24(39)12-18)37-28(22)20(21)5-6-31-9-7-30(8-10-31,17-43-31)34-13-19-1-3-25-29(35-19)36-26(40)16-41-25/h1-4,14,18,23-24,34,38-39H,5-13,15-17H2,(H,35,36,40)/t18-,23-,24+,30?,31?. The predicted molar refractivity (Wildman–Crippen MR) is 153 cm³/mol. The van der Waals surface area contributed by atoms with Gasteiger partial charge in [0.15, 0.2) is 18.2 Å². The third-order valence-corrected chi connectivity index (χ3v) is 9.58. The van der Waals surface area contributed by atoms with E-state index in [2.05, 4.69) is 25.6 Å². The number of hydrogen-bond donors (Lipinski definition) is 4. The van der Waals surface area contributed by atoms with Crippen LogP contribution >= 0.6 is 0 Å². The van der Waals surface area contributed by atoms with Crippen LogP contribution in [-0.2, 0) is 22.5 Å². The Bertz CT molecular complexity index is 1500. The second-order valence-corrected chi connectivity index (χ2v) is 12.5. The number of pyridine rings is 3. The second kappa shape index (κ2) is 11.2. The summed E-state index contributed by atoms with van der Waals surface area (Å²) in [5, 5.41) is 26.0. The van der Waals surface area contributed by atoms with Crippen molar-refractivity contribution in [3.8, 4) is 11.6 Å². The van der Waals surface area contributed by atoms with Gasteiger partial charge in [-0.15, -0.1) is 0 Å². The van der Waals surface area contributed by atoms with Crippen molar-refractivity contribution in [2.75, 3.05) is 25.1 Å². The molecule has 2 saturated heterocycles. The van der Waals surface area contributed by atoms with Crippen molar-refractivity contribution in [1.29, 1.82) is 0 Å². The fourth-order valence-electron chi connectivity index (χ4n) is 6.88. The van der Waals surface area contributed by atoms with Gasteiger partial charge in [-0.1, -0.05) is 0 Å². The number of carbonyl (C=O) groups is 1. The van der Waals surface area contributed by atoms with Gasteiger partial charge in [0.2, 0.25) is 5.88 Å². The van der Waals surface area contributed by atoms with Gasteiger partial charge >= 0.3 is 0 Å². The van der Waals surface area contributed by atoms with Gasteiger partial charge in [0, 0.05) is 23.7 Å². The highest BCUT2D eigenvalue weighted by atomic mass is 19.1. The second-order valence-electron chi connectivity index (χ2n) is 12.5. The molecule has 5 aliphatic rings. The summed E-state index contributed by atoms with van der Waals surface area (Å²) in [5.74, 6) is 0.841. The van der Waals surface area contributed by atoms with Crippen molar-refractivity contribution in [2.45, 2.75) is 81.3 Å². The van der Waals surface area contributed by atoms with E-state index in [1.807, 2.05) is 12.1 Å². The van der Waals surface area contributed by atoms with Gasteiger partial charge in [0.05, 0.1) is 53.9 Å². The Hall–Kier alpha value is -3.45. The molecule has 1 amide bonds. The Balaban J connectivity index is 0.974. The van der Waals surface area contributed by atoms with Gasteiger partial charge in [-0.05, 0) is 75.5 Å². The number of ether oxygens (including phenoxy) is 3. The van der Waals surface area contributed by atoms with Gasteiger partial charge in [-0.2, -0.15) is 0 Å². The number of aliphatic hydroxyl groups excluding tert-OH is 2. The lowest BCUT2D eigenvalue weighted by atomic mass is 9.69. The Kier molecular flexibility index (Phi) is 7.40. The lowest BCUT2D eigenvalue weighted by Crippen LogP contribution is -2.61. The number of anilines is 1. The molecule has 2 saturated carbocycles. The van der Waals surface area contributed by atoms with Crippen molar-refractivity contribution in [3.05, 3.63) is 47.5 Å². The first-order chi connectivity index (χ1) is 20.8. The average molecular weight is 594 g/mol. The molecule has 0 radical (unpaired) electrons. The highest BCUT2D eigenvalue weighted by molar-refractivity contribution is 5.94. The zero-order valence-corrected chi connectivity index (χ0v) is 23.9. The molecular formula is C31H36FN5O6. The summed E-state index contributed by atoms with van der Waals surface area (Å²) in [4.78, 5) is 25.0. The maximum Gasteiger partial charge on any atom is 0.263 e. The summed E-state index contributed by atoms with van der Waals surface area (Å²) >= 11 is 0. The molecule has 0 unspecified atom stereocenters. The molecule has 0 spiro atoms. The third-order valence-electron chi connectivity index (χ3n) is 9.58. The van der Waals surface area contributed by atoms with Crippen molar-refractivity contribution in [2.24, 2.45) is 5.92 Å². The smallest absolute Gasteiger partial charge is 0.263 e. The minimum absolute atomic E-state index is 0.00370. The third kappa shape index (κ3) is 5.76. The number of amides is 1. The zero-order chi connectivity index (χ0) is 29.6. The molecular weight excluding hydrogens is 557 g/mol. The number of hydrogen-bond acceptors (Lipinski definition) is 10. The van der Waals surface area contributed by atoms with E-state index in [0.29, 0.717) is 79.5 Å². The zero-order valence-electron chi connectivity index (χ0n) is 23.9. The lowest BCUT2D eigenvalue weighted by Gasteiger charge is -2.53. The van der Waals surface area contributed by atoms with E-state index < -0.39 is 18.0 Å². The van der Waals surface area contributed by atoms with Gasteiger partial charge < -0.3 is 35.1 Å². The number of halogens is 1. The molecule has 0 aromatic carbocycles. The van der Waals surface area contributed by atoms with Crippen LogP contribution in [0.1, 0.15) is 56.2 Å². The molecule has 11 nitrogen and oxygen atoms in total. The largest absolute Gasteiger partial charge is 0.480 e. The molecule has 2 bridgehead atoms. The highest BCUT2D eigenvalue weighted by Crippen LogP contribution is 2.46. The van der Waals surface area contributed by atoms with Crippen LogP contribution in [-0.4, -0.2) is 74.2 Å². The number of aryl methyl sites for hydroxylation is 1. The summed E-state index contributed by atoms with van der Waals surface area (Å²) in [7, 11) is 0. The van der Waals surface area contributed by atoms with Crippen LogP contribution < -0.4 is 20.1 Å². The van der Waals surface area contributed by atoms with Crippen molar-refractivity contribution in [1.82, 2.24) is 20.3 Å². The van der Waals surface area contributed by atoms with Crippen LogP contribution in [0.15, 0.2) is 30.5 Å². The van der Waals surface area contributed by atoms with Crippen LogP contribution in [0.5, 0.6) is 11.6 Å². The highest BCUT2D eigenvalue weighted by Gasteiger charge is 2.49. The minimum Gasteiger partial charge on any atom is -0.480 e. The molecule has 12 heteroatoms. The van der Waals surface area contributed by atoms with Crippen LogP contribution in [0.2, 0.25) is 0 Å². The first kappa shape index (κ1) is 28.3. The molecule has 228 valence electrons. The maximum atomic E-state index is 15.1. The number of aliphatic hydroxyl groups is 2. The van der Waals surface area contributed by atoms with Gasteiger partial charge in [0.25, 0.3) is 5.91 Å². The van der Waals surface area contributed by atoms with Crippen LogP contribution in [0.3, 0.4) is 0 Å². The average Bonchev–Trinajstić information content (AvgIpc) is 3.35. The normalized spacial score (nSPS) is 29.7. The van der Waals surface area contributed by atoms with Gasteiger partial charge in [0.1, 0.15) is 5.82 Å². The van der Waals surface area contributed by atoms with Crippen molar-refractivity contribution < 1.29 is 33.6 Å². The summed E-state index contributed by atoms with van der Waals surface area (Å²) in [6, 6.07) is 7.24. The number of aromatic nitrogens is 3. The number of nitrogens with one attached hydrogen (secondary N) is 2. The number of rotatable bonds is 9. The van der Waals surface area contributed by atoms with E-state index >= 15 is 4.39 Å². The number of fused-ring (bicyclic) bond motifs is 5. The minimum atomic E-state index is -0.725. The van der Waals surface area contributed by atoms with E-state index in [4.69, 9.17) is 14.2 Å². The van der Waals surface area contributed by atoms with Gasteiger partial charge in [-0.25, -0.2) is 14.4 Å². The molecule has 4 N–H and O–H groups in total. The van der Waals surface area contributed by atoms with Crippen LogP contribution in [0, 0.1) is 11.7 Å². The topological polar surface area (TPSA) is 148 Å². The summed E-state index contributed by atoms with van der Waals surface area (Å²) in [6.07, 6.45) is 5.53. The Morgan fingerprint density at radius 3 is 2.67 bits per heavy atom.